The number of hydrogen-bond acceptors (Lipinski definition) is 4. The van der Waals surface area contributed by atoms with E-state index in [1.54, 1.807) is 6.20 Å². The number of ether oxygens (including phenoxy) is 1. The zero-order valence-electron chi connectivity index (χ0n) is 11.7. The summed E-state index contributed by atoms with van der Waals surface area (Å²) in [7, 11) is 0. The lowest BCUT2D eigenvalue weighted by Crippen LogP contribution is -2.30. The summed E-state index contributed by atoms with van der Waals surface area (Å²) in [6.45, 7) is 4.27. The van der Waals surface area contributed by atoms with Crippen LogP contribution in [0.5, 0.6) is 5.75 Å². The van der Waals surface area contributed by atoms with Crippen molar-refractivity contribution in [2.75, 3.05) is 13.2 Å². The third-order valence-corrected chi connectivity index (χ3v) is 2.78. The zero-order valence-corrected chi connectivity index (χ0v) is 11.7. The van der Waals surface area contributed by atoms with Crippen LogP contribution in [0.15, 0.2) is 34.9 Å². The predicted octanol–water partition coefficient (Wildman–Crippen LogP) is 2.03. The first-order valence-electron chi connectivity index (χ1n) is 6.51. The van der Waals surface area contributed by atoms with Crippen LogP contribution >= 0.6 is 0 Å². The monoisotopic (exact) mass is 274 g/mol. The molecule has 0 saturated heterocycles. The Hall–Kier alpha value is -2.30. The molecule has 1 aromatic heterocycles. The molecule has 0 saturated carbocycles. The van der Waals surface area contributed by atoms with Gasteiger partial charge in [0.15, 0.2) is 12.5 Å². The van der Waals surface area contributed by atoms with Gasteiger partial charge in [-0.1, -0.05) is 18.2 Å². The minimum atomic E-state index is -0.156. The lowest BCUT2D eigenvalue weighted by Gasteiger charge is -2.08. The Morgan fingerprint density at radius 2 is 2.15 bits per heavy atom. The topological polar surface area (TPSA) is 64.4 Å². The standard InChI is InChI=1S/C15H18N2O3/c1-11-5-3-4-6-13(11)19-10-14(18)16-8-7-15-17-9-12(2)20-15/h3-6,9H,7-8,10H2,1-2H3,(H,16,18). The van der Waals surface area contributed by atoms with Crippen molar-refractivity contribution in [2.24, 2.45) is 0 Å². The molecule has 2 rings (SSSR count). The van der Waals surface area contributed by atoms with Gasteiger partial charge in [0.2, 0.25) is 0 Å². The molecule has 0 unspecified atom stereocenters. The van der Waals surface area contributed by atoms with E-state index in [-0.39, 0.29) is 12.5 Å². The van der Waals surface area contributed by atoms with E-state index in [0.717, 1.165) is 17.1 Å². The van der Waals surface area contributed by atoms with Crippen LogP contribution < -0.4 is 10.1 Å². The Kier molecular flexibility index (Phi) is 4.76. The maximum atomic E-state index is 11.6. The van der Waals surface area contributed by atoms with E-state index in [4.69, 9.17) is 9.15 Å². The molecule has 2 aromatic rings. The second kappa shape index (κ2) is 6.75. The van der Waals surface area contributed by atoms with Gasteiger partial charge >= 0.3 is 0 Å². The van der Waals surface area contributed by atoms with Crippen LogP contribution in [-0.2, 0) is 11.2 Å². The summed E-state index contributed by atoms with van der Waals surface area (Å²) in [5.74, 6) is 1.97. The number of amides is 1. The smallest absolute Gasteiger partial charge is 0.257 e. The number of benzene rings is 1. The Morgan fingerprint density at radius 1 is 1.35 bits per heavy atom. The molecule has 106 valence electrons. The summed E-state index contributed by atoms with van der Waals surface area (Å²) in [6, 6.07) is 7.60. The highest BCUT2D eigenvalue weighted by atomic mass is 16.5. The zero-order chi connectivity index (χ0) is 14.4. The van der Waals surface area contributed by atoms with Crippen LogP contribution in [-0.4, -0.2) is 24.0 Å². The summed E-state index contributed by atoms with van der Waals surface area (Å²) in [5.41, 5.74) is 1.01. The third-order valence-electron chi connectivity index (χ3n) is 2.78. The van der Waals surface area contributed by atoms with Crippen molar-refractivity contribution in [1.29, 1.82) is 0 Å². The first-order chi connectivity index (χ1) is 9.65. The first-order valence-corrected chi connectivity index (χ1v) is 6.51. The number of oxazole rings is 1. The average molecular weight is 274 g/mol. The highest BCUT2D eigenvalue weighted by Crippen LogP contribution is 2.15. The van der Waals surface area contributed by atoms with Crippen LogP contribution in [0.3, 0.4) is 0 Å². The molecule has 0 radical (unpaired) electrons. The van der Waals surface area contributed by atoms with Gasteiger partial charge in [0.05, 0.1) is 6.20 Å². The minimum Gasteiger partial charge on any atom is -0.484 e. The summed E-state index contributed by atoms with van der Waals surface area (Å²) in [4.78, 5) is 15.7. The molecule has 5 heteroatoms. The van der Waals surface area contributed by atoms with Crippen molar-refractivity contribution in [3.63, 3.8) is 0 Å². The number of nitrogens with one attached hydrogen (secondary N) is 1. The van der Waals surface area contributed by atoms with Gasteiger partial charge in [-0.25, -0.2) is 4.98 Å². The molecular formula is C15H18N2O3. The van der Waals surface area contributed by atoms with Crippen LogP contribution in [0.25, 0.3) is 0 Å². The van der Waals surface area contributed by atoms with Crippen molar-refractivity contribution < 1.29 is 13.9 Å². The molecule has 1 aromatic carbocycles. The Morgan fingerprint density at radius 3 is 2.85 bits per heavy atom. The maximum Gasteiger partial charge on any atom is 0.257 e. The van der Waals surface area contributed by atoms with E-state index in [1.165, 1.54) is 0 Å². The molecule has 1 N–H and O–H groups in total. The summed E-state index contributed by atoms with van der Waals surface area (Å²) in [5, 5.41) is 2.77. The fraction of sp³-hybridized carbons (Fsp3) is 0.333. The summed E-state index contributed by atoms with van der Waals surface area (Å²) in [6.07, 6.45) is 2.24. The number of nitrogens with zero attached hydrogens (tertiary/aromatic N) is 1. The molecule has 0 spiro atoms. The van der Waals surface area contributed by atoms with Crippen molar-refractivity contribution in [1.82, 2.24) is 10.3 Å². The second-order valence-electron chi connectivity index (χ2n) is 4.52. The van der Waals surface area contributed by atoms with Crippen LogP contribution in [0.4, 0.5) is 0 Å². The number of hydrogen-bond donors (Lipinski definition) is 1. The second-order valence-corrected chi connectivity index (χ2v) is 4.52. The number of para-hydroxylation sites is 1. The summed E-state index contributed by atoms with van der Waals surface area (Å²) >= 11 is 0. The fourth-order valence-electron chi connectivity index (χ4n) is 1.74. The number of carbonyl (C=O) groups excluding carboxylic acids is 1. The highest BCUT2D eigenvalue weighted by molar-refractivity contribution is 5.77. The maximum absolute atomic E-state index is 11.6. The largest absolute Gasteiger partial charge is 0.484 e. The number of aryl methyl sites for hydroxylation is 2. The molecule has 1 heterocycles. The van der Waals surface area contributed by atoms with Crippen molar-refractivity contribution in [3.8, 4) is 5.75 Å². The van der Waals surface area contributed by atoms with Crippen molar-refractivity contribution in [3.05, 3.63) is 47.7 Å². The third kappa shape index (κ3) is 4.12. The molecule has 0 atom stereocenters. The van der Waals surface area contributed by atoms with E-state index in [2.05, 4.69) is 10.3 Å². The lowest BCUT2D eigenvalue weighted by atomic mass is 10.2. The molecule has 0 bridgehead atoms. The van der Waals surface area contributed by atoms with Crippen LogP contribution in [0.2, 0.25) is 0 Å². The van der Waals surface area contributed by atoms with Gasteiger partial charge in [-0.15, -0.1) is 0 Å². The number of rotatable bonds is 6. The average Bonchev–Trinajstić information content (AvgIpc) is 2.83. The van der Waals surface area contributed by atoms with Gasteiger partial charge in [0, 0.05) is 13.0 Å². The van der Waals surface area contributed by atoms with E-state index in [0.29, 0.717) is 18.9 Å². The van der Waals surface area contributed by atoms with Gasteiger partial charge < -0.3 is 14.5 Å². The lowest BCUT2D eigenvalue weighted by molar-refractivity contribution is -0.123. The molecule has 5 nitrogen and oxygen atoms in total. The molecule has 0 aliphatic carbocycles. The normalized spacial score (nSPS) is 10.3. The van der Waals surface area contributed by atoms with E-state index in [9.17, 15) is 4.79 Å². The highest BCUT2D eigenvalue weighted by Gasteiger charge is 2.05. The van der Waals surface area contributed by atoms with E-state index < -0.39 is 0 Å². The summed E-state index contributed by atoms with van der Waals surface area (Å²) < 4.78 is 10.8. The first kappa shape index (κ1) is 14.1. The number of carbonyl (C=O) groups is 1. The van der Waals surface area contributed by atoms with Crippen molar-refractivity contribution in [2.45, 2.75) is 20.3 Å². The molecular weight excluding hydrogens is 256 g/mol. The van der Waals surface area contributed by atoms with Gasteiger partial charge in [0.1, 0.15) is 11.5 Å². The Bertz CT molecular complexity index is 578. The van der Waals surface area contributed by atoms with E-state index in [1.807, 2.05) is 38.1 Å². The Labute approximate surface area is 118 Å². The van der Waals surface area contributed by atoms with E-state index >= 15 is 0 Å². The Balaban J connectivity index is 1.69. The van der Waals surface area contributed by atoms with Gasteiger partial charge in [0.25, 0.3) is 5.91 Å². The molecule has 0 fully saturated rings. The van der Waals surface area contributed by atoms with Gasteiger partial charge in [-0.2, -0.15) is 0 Å². The van der Waals surface area contributed by atoms with Gasteiger partial charge in [-0.05, 0) is 25.5 Å². The van der Waals surface area contributed by atoms with Crippen molar-refractivity contribution >= 4 is 5.91 Å². The molecule has 1 amide bonds. The minimum absolute atomic E-state index is 0.00939. The quantitative estimate of drug-likeness (QED) is 0.875. The SMILES string of the molecule is Cc1cnc(CCNC(=O)COc2ccccc2C)o1. The predicted molar refractivity (Wildman–Crippen MR) is 74.6 cm³/mol. The van der Waals surface area contributed by atoms with Crippen LogP contribution in [0, 0.1) is 13.8 Å². The fourth-order valence-corrected chi connectivity index (χ4v) is 1.74. The molecule has 0 aliphatic rings. The van der Waals surface area contributed by atoms with Crippen LogP contribution in [0.1, 0.15) is 17.2 Å². The molecule has 0 aliphatic heterocycles. The molecule has 20 heavy (non-hydrogen) atoms. The number of aromatic nitrogens is 1. The van der Waals surface area contributed by atoms with Gasteiger partial charge in [-0.3, -0.25) is 4.79 Å².